The van der Waals surface area contributed by atoms with Crippen LogP contribution in [0.3, 0.4) is 0 Å². The standard InChI is InChI=1S/C27H28ClN5O4S/c28-20-6-4-5-19(17-20)24-9-10-25(37-24)26(34)29-27(38)32-15-13-30(14-16-32)21-7-8-22(33(35)36)23(18-21)31-11-2-1-3-12-31/h4-10,17-18H,1-3,11-16H2,(H,29,34,38). The first-order valence-electron chi connectivity index (χ1n) is 12.6. The minimum atomic E-state index is -0.410. The van der Waals surface area contributed by atoms with Crippen molar-refractivity contribution in [1.82, 2.24) is 10.2 Å². The second-order valence-electron chi connectivity index (χ2n) is 9.39. The summed E-state index contributed by atoms with van der Waals surface area (Å²) in [5.41, 5.74) is 2.57. The molecule has 2 saturated heterocycles. The Hall–Kier alpha value is -3.63. The number of anilines is 2. The number of rotatable bonds is 5. The lowest BCUT2D eigenvalue weighted by atomic mass is 10.1. The molecule has 2 aromatic carbocycles. The normalized spacial score (nSPS) is 15.9. The number of furan rings is 1. The molecule has 11 heteroatoms. The van der Waals surface area contributed by atoms with Crippen LogP contribution in [-0.2, 0) is 0 Å². The monoisotopic (exact) mass is 553 g/mol. The first kappa shape index (κ1) is 26.0. The van der Waals surface area contributed by atoms with E-state index in [4.69, 9.17) is 28.2 Å². The van der Waals surface area contributed by atoms with Crippen molar-refractivity contribution in [3.63, 3.8) is 0 Å². The van der Waals surface area contributed by atoms with Gasteiger partial charge in [-0.3, -0.25) is 20.2 Å². The molecule has 2 aliphatic heterocycles. The third-order valence-electron chi connectivity index (χ3n) is 6.94. The van der Waals surface area contributed by atoms with E-state index in [2.05, 4.69) is 15.1 Å². The van der Waals surface area contributed by atoms with E-state index in [0.717, 1.165) is 43.6 Å². The number of carbonyl (C=O) groups excluding carboxylic acids is 1. The molecule has 3 heterocycles. The summed E-state index contributed by atoms with van der Waals surface area (Å²) < 4.78 is 5.73. The van der Waals surface area contributed by atoms with Crippen LogP contribution in [0.4, 0.5) is 17.1 Å². The molecule has 0 saturated carbocycles. The van der Waals surface area contributed by atoms with Crippen LogP contribution >= 0.6 is 23.8 Å². The van der Waals surface area contributed by atoms with E-state index in [-0.39, 0.29) is 16.4 Å². The summed E-state index contributed by atoms with van der Waals surface area (Å²) in [6.07, 6.45) is 3.25. The molecule has 0 bridgehead atoms. The molecule has 0 spiro atoms. The Labute approximate surface area is 231 Å². The smallest absolute Gasteiger partial charge is 0.293 e. The van der Waals surface area contributed by atoms with Crippen molar-refractivity contribution >= 4 is 51.9 Å². The van der Waals surface area contributed by atoms with Gasteiger partial charge in [-0.2, -0.15) is 0 Å². The SMILES string of the molecule is O=C(NC(=S)N1CCN(c2ccc([N+](=O)[O-])c(N3CCCCC3)c2)CC1)c1ccc(-c2cccc(Cl)c2)o1. The minimum absolute atomic E-state index is 0.148. The fourth-order valence-electron chi connectivity index (χ4n) is 4.91. The lowest BCUT2D eigenvalue weighted by Crippen LogP contribution is -2.52. The molecule has 0 aliphatic carbocycles. The molecule has 0 unspecified atom stereocenters. The van der Waals surface area contributed by atoms with Gasteiger partial charge in [0.15, 0.2) is 10.9 Å². The number of piperidine rings is 1. The van der Waals surface area contributed by atoms with Crippen molar-refractivity contribution in [2.24, 2.45) is 0 Å². The Bertz CT molecular complexity index is 1350. The molecule has 9 nitrogen and oxygen atoms in total. The third-order valence-corrected chi connectivity index (χ3v) is 7.54. The molecule has 38 heavy (non-hydrogen) atoms. The molecule has 0 radical (unpaired) electrons. The van der Waals surface area contributed by atoms with Crippen LogP contribution in [0.1, 0.15) is 29.8 Å². The summed E-state index contributed by atoms with van der Waals surface area (Å²) in [6, 6.07) is 15.9. The molecule has 2 fully saturated rings. The van der Waals surface area contributed by atoms with Crippen LogP contribution in [0, 0.1) is 10.1 Å². The van der Waals surface area contributed by atoms with Gasteiger partial charge in [-0.05, 0) is 67.9 Å². The maximum absolute atomic E-state index is 12.8. The Morgan fingerprint density at radius 1 is 0.947 bits per heavy atom. The predicted octanol–water partition coefficient (Wildman–Crippen LogP) is 5.34. The summed E-state index contributed by atoms with van der Waals surface area (Å²) >= 11 is 11.6. The minimum Gasteiger partial charge on any atom is -0.451 e. The summed E-state index contributed by atoms with van der Waals surface area (Å²) in [5.74, 6) is 0.300. The number of amides is 1. The number of halogens is 1. The van der Waals surface area contributed by atoms with Crippen molar-refractivity contribution in [2.75, 3.05) is 49.1 Å². The first-order chi connectivity index (χ1) is 18.4. The molecule has 3 aromatic rings. The Morgan fingerprint density at radius 3 is 2.42 bits per heavy atom. The number of thiocarbonyl (C=S) groups is 1. The van der Waals surface area contributed by atoms with Gasteiger partial charge in [0, 0.05) is 61.6 Å². The molecule has 198 valence electrons. The van der Waals surface area contributed by atoms with Gasteiger partial charge in [0.25, 0.3) is 11.6 Å². The Morgan fingerprint density at radius 2 is 1.71 bits per heavy atom. The summed E-state index contributed by atoms with van der Waals surface area (Å²) in [4.78, 5) is 30.4. The average Bonchev–Trinajstić information content (AvgIpc) is 3.44. The second kappa shape index (κ2) is 11.4. The number of carbonyl (C=O) groups is 1. The zero-order valence-corrected chi connectivity index (χ0v) is 22.3. The summed E-state index contributed by atoms with van der Waals surface area (Å²) in [5, 5.41) is 15.3. The molecule has 1 aromatic heterocycles. The van der Waals surface area contributed by atoms with Gasteiger partial charge in [0.1, 0.15) is 11.4 Å². The zero-order valence-electron chi connectivity index (χ0n) is 20.8. The highest BCUT2D eigenvalue weighted by Crippen LogP contribution is 2.34. The van der Waals surface area contributed by atoms with Crippen LogP contribution in [-0.4, -0.2) is 60.1 Å². The zero-order chi connectivity index (χ0) is 26.6. The maximum Gasteiger partial charge on any atom is 0.293 e. The van der Waals surface area contributed by atoms with E-state index in [1.165, 1.54) is 0 Å². The van der Waals surface area contributed by atoms with E-state index in [1.807, 2.05) is 29.2 Å². The van der Waals surface area contributed by atoms with Crippen molar-refractivity contribution in [3.05, 3.63) is 75.5 Å². The lowest BCUT2D eigenvalue weighted by Gasteiger charge is -2.37. The molecule has 1 N–H and O–H groups in total. The second-order valence-corrected chi connectivity index (χ2v) is 10.2. The predicted molar refractivity (Wildman–Crippen MR) is 152 cm³/mol. The highest BCUT2D eigenvalue weighted by atomic mass is 35.5. The number of benzene rings is 2. The topological polar surface area (TPSA) is 95.1 Å². The molecule has 5 rings (SSSR count). The Kier molecular flexibility index (Phi) is 7.80. The highest BCUT2D eigenvalue weighted by Gasteiger charge is 2.26. The number of piperazine rings is 1. The van der Waals surface area contributed by atoms with E-state index in [0.29, 0.717) is 47.8 Å². The molecule has 1 amide bonds. The van der Waals surface area contributed by atoms with Crippen LogP contribution < -0.4 is 15.1 Å². The molecular formula is C27H28ClN5O4S. The third kappa shape index (κ3) is 5.76. The Balaban J connectivity index is 1.19. The van der Waals surface area contributed by atoms with Crippen molar-refractivity contribution in [1.29, 1.82) is 0 Å². The highest BCUT2D eigenvalue weighted by molar-refractivity contribution is 7.80. The van der Waals surface area contributed by atoms with Crippen LogP contribution in [0.5, 0.6) is 0 Å². The molecule has 0 atom stereocenters. The maximum atomic E-state index is 12.8. The average molecular weight is 554 g/mol. The molecular weight excluding hydrogens is 526 g/mol. The van der Waals surface area contributed by atoms with Crippen molar-refractivity contribution in [3.8, 4) is 11.3 Å². The van der Waals surface area contributed by atoms with Crippen molar-refractivity contribution < 1.29 is 14.1 Å². The van der Waals surface area contributed by atoms with Crippen LogP contribution in [0.15, 0.2) is 59.0 Å². The van der Waals surface area contributed by atoms with Gasteiger partial charge in [0.2, 0.25) is 0 Å². The fraction of sp³-hybridized carbons (Fsp3) is 0.333. The first-order valence-corrected chi connectivity index (χ1v) is 13.4. The van der Waals surface area contributed by atoms with Gasteiger partial charge in [-0.1, -0.05) is 23.7 Å². The van der Waals surface area contributed by atoms with Crippen LogP contribution in [0.25, 0.3) is 11.3 Å². The fourth-order valence-corrected chi connectivity index (χ4v) is 5.38. The van der Waals surface area contributed by atoms with Gasteiger partial charge in [-0.25, -0.2) is 0 Å². The van der Waals surface area contributed by atoms with Crippen molar-refractivity contribution in [2.45, 2.75) is 19.3 Å². The van der Waals surface area contributed by atoms with E-state index in [1.54, 1.807) is 30.3 Å². The number of nitro benzene ring substituents is 1. The largest absolute Gasteiger partial charge is 0.451 e. The number of nitro groups is 1. The number of hydrogen-bond donors (Lipinski definition) is 1. The van der Waals surface area contributed by atoms with E-state index < -0.39 is 5.91 Å². The van der Waals surface area contributed by atoms with Gasteiger partial charge in [-0.15, -0.1) is 0 Å². The van der Waals surface area contributed by atoms with E-state index in [9.17, 15) is 14.9 Å². The molecule has 2 aliphatic rings. The lowest BCUT2D eigenvalue weighted by molar-refractivity contribution is -0.384. The van der Waals surface area contributed by atoms with Crippen LogP contribution in [0.2, 0.25) is 5.02 Å². The van der Waals surface area contributed by atoms with Gasteiger partial charge >= 0.3 is 0 Å². The number of nitrogens with zero attached hydrogens (tertiary/aromatic N) is 4. The van der Waals surface area contributed by atoms with E-state index >= 15 is 0 Å². The number of nitrogens with one attached hydrogen (secondary N) is 1. The number of hydrogen-bond acceptors (Lipinski definition) is 7. The quantitative estimate of drug-likeness (QED) is 0.257. The summed E-state index contributed by atoms with van der Waals surface area (Å²) in [6.45, 7) is 4.24. The van der Waals surface area contributed by atoms with Gasteiger partial charge in [0.05, 0.1) is 4.92 Å². The summed E-state index contributed by atoms with van der Waals surface area (Å²) in [7, 11) is 0. The van der Waals surface area contributed by atoms with Gasteiger partial charge < -0.3 is 19.1 Å².